The van der Waals surface area contributed by atoms with Gasteiger partial charge in [-0.1, -0.05) is 11.7 Å². The number of nitrogens with zero attached hydrogens (tertiary/aromatic N) is 1. The molecular formula is C7H7FN2O5S. The van der Waals surface area contributed by atoms with E-state index >= 15 is 0 Å². The first kappa shape index (κ1) is 11.1. The van der Waals surface area contributed by atoms with Gasteiger partial charge in [-0.15, -0.1) is 13.7 Å². The number of benzene rings is 1. The molecule has 0 atom stereocenters. The maximum Gasteiger partial charge on any atom is 0.440 e. The summed E-state index contributed by atoms with van der Waals surface area (Å²) >= 11 is 0. The maximum absolute atomic E-state index is 13.3. The van der Waals surface area contributed by atoms with Crippen molar-refractivity contribution in [3.05, 3.63) is 24.0 Å². The number of nitrogens with one attached hydrogen (secondary N) is 1. The first-order valence-corrected chi connectivity index (χ1v) is 5.38. The van der Waals surface area contributed by atoms with Crippen LogP contribution >= 0.6 is 0 Å². The molecule has 88 valence electrons. The third-order valence-corrected chi connectivity index (χ3v) is 2.37. The van der Waals surface area contributed by atoms with Crippen molar-refractivity contribution in [2.75, 3.05) is 12.3 Å². The molecule has 1 fully saturated rings. The Hall–Kier alpha value is -1.42. The predicted octanol–water partition coefficient (Wildman–Crippen LogP) is 0.267. The third kappa shape index (κ3) is 1.93. The number of rotatable bonds is 2. The largest absolute Gasteiger partial charge is 0.491 e. The molecule has 1 N–H and O–H groups in total. The molecule has 1 saturated heterocycles. The minimum absolute atomic E-state index is 0.0311. The second kappa shape index (κ2) is 3.87. The van der Waals surface area contributed by atoms with Crippen LogP contribution in [-0.4, -0.2) is 15.5 Å². The summed E-state index contributed by atoms with van der Waals surface area (Å²) in [4.78, 5) is 0. The number of halogens is 1. The van der Waals surface area contributed by atoms with E-state index in [0.717, 1.165) is 6.07 Å². The fourth-order valence-corrected chi connectivity index (χ4v) is 1.63. The van der Waals surface area contributed by atoms with Crippen LogP contribution < -0.4 is 15.5 Å². The Morgan fingerprint density at radius 2 is 2.25 bits per heavy atom. The van der Waals surface area contributed by atoms with E-state index in [9.17, 15) is 12.8 Å². The first-order valence-electron chi connectivity index (χ1n) is 4.05. The average molecular weight is 250 g/mol. The SMILES string of the molecule is COc1c(F)cccc1N1NOS(=O)(=O)O1. The van der Waals surface area contributed by atoms with Gasteiger partial charge in [-0.2, -0.15) is 8.42 Å². The van der Waals surface area contributed by atoms with Crippen LogP contribution in [-0.2, 0) is 19.0 Å². The van der Waals surface area contributed by atoms with Gasteiger partial charge in [-0.3, -0.25) is 0 Å². The fraction of sp³-hybridized carbons (Fsp3) is 0.143. The van der Waals surface area contributed by atoms with Crippen molar-refractivity contribution >= 4 is 16.1 Å². The van der Waals surface area contributed by atoms with E-state index < -0.39 is 16.2 Å². The van der Waals surface area contributed by atoms with E-state index in [1.165, 1.54) is 19.2 Å². The second-order valence-corrected chi connectivity index (χ2v) is 3.88. The second-order valence-electron chi connectivity index (χ2n) is 2.74. The Morgan fingerprint density at radius 1 is 1.50 bits per heavy atom. The molecule has 0 saturated carbocycles. The Labute approximate surface area is 90.5 Å². The summed E-state index contributed by atoms with van der Waals surface area (Å²) in [6, 6.07) is 3.91. The highest BCUT2D eigenvalue weighted by molar-refractivity contribution is 7.82. The molecule has 1 aromatic rings. The standard InChI is InChI=1S/C7H7FN2O5S/c1-13-7-5(8)3-2-4-6(7)10-9-14-16(11,12)15-10/h2-4,9H,1H3. The smallest absolute Gasteiger partial charge is 0.440 e. The Bertz CT molecular complexity index is 505. The summed E-state index contributed by atoms with van der Waals surface area (Å²) < 4.78 is 48.1. The lowest BCUT2D eigenvalue weighted by atomic mass is 10.3. The van der Waals surface area contributed by atoms with Crippen molar-refractivity contribution in [1.82, 2.24) is 5.59 Å². The molecule has 0 unspecified atom stereocenters. The van der Waals surface area contributed by atoms with Crippen molar-refractivity contribution in [3.63, 3.8) is 0 Å². The van der Waals surface area contributed by atoms with Gasteiger partial charge in [0, 0.05) is 0 Å². The number of ether oxygens (including phenoxy) is 1. The Kier molecular flexibility index (Phi) is 2.68. The molecular weight excluding hydrogens is 243 g/mol. The van der Waals surface area contributed by atoms with Gasteiger partial charge in [0.25, 0.3) is 0 Å². The van der Waals surface area contributed by atoms with E-state index in [4.69, 9.17) is 4.74 Å². The average Bonchev–Trinajstić information content (AvgIpc) is 2.58. The van der Waals surface area contributed by atoms with Crippen LogP contribution in [0.4, 0.5) is 10.1 Å². The van der Waals surface area contributed by atoms with Crippen molar-refractivity contribution in [3.8, 4) is 5.75 Å². The van der Waals surface area contributed by atoms with Crippen molar-refractivity contribution < 1.29 is 26.1 Å². The molecule has 0 spiro atoms. The summed E-state index contributed by atoms with van der Waals surface area (Å²) in [6.07, 6.45) is 0. The highest BCUT2D eigenvalue weighted by Crippen LogP contribution is 2.31. The summed E-state index contributed by atoms with van der Waals surface area (Å²) in [5.41, 5.74) is 1.97. The van der Waals surface area contributed by atoms with Crippen LogP contribution in [0.25, 0.3) is 0 Å². The van der Waals surface area contributed by atoms with Gasteiger partial charge >= 0.3 is 10.4 Å². The molecule has 9 heteroatoms. The van der Waals surface area contributed by atoms with Gasteiger partial charge in [0.1, 0.15) is 5.69 Å². The van der Waals surface area contributed by atoms with Gasteiger partial charge in [-0.25, -0.2) is 4.39 Å². The van der Waals surface area contributed by atoms with Crippen LogP contribution in [0.2, 0.25) is 0 Å². The number of methoxy groups -OCH3 is 1. The van der Waals surface area contributed by atoms with E-state index in [0.29, 0.717) is 5.17 Å². The minimum Gasteiger partial charge on any atom is -0.491 e. The highest BCUT2D eigenvalue weighted by Gasteiger charge is 2.31. The zero-order valence-corrected chi connectivity index (χ0v) is 8.82. The van der Waals surface area contributed by atoms with Crippen LogP contribution in [0, 0.1) is 5.82 Å². The summed E-state index contributed by atoms with van der Waals surface area (Å²) in [5.74, 6) is -0.828. The van der Waals surface area contributed by atoms with Crippen LogP contribution in [0.15, 0.2) is 18.2 Å². The minimum atomic E-state index is -4.14. The molecule has 7 nitrogen and oxygen atoms in total. The highest BCUT2D eigenvalue weighted by atomic mass is 32.3. The Morgan fingerprint density at radius 3 is 2.81 bits per heavy atom. The van der Waals surface area contributed by atoms with Crippen LogP contribution in [0.5, 0.6) is 5.75 Å². The molecule has 1 aliphatic rings. The summed E-state index contributed by atoms with van der Waals surface area (Å²) in [6.45, 7) is 0. The van der Waals surface area contributed by atoms with Gasteiger partial charge in [0.05, 0.1) is 7.11 Å². The lowest BCUT2D eigenvalue weighted by Gasteiger charge is -2.14. The van der Waals surface area contributed by atoms with Crippen molar-refractivity contribution in [2.45, 2.75) is 0 Å². The molecule has 0 aliphatic carbocycles. The number of hydrazine groups is 1. The van der Waals surface area contributed by atoms with E-state index in [1.807, 2.05) is 5.59 Å². The van der Waals surface area contributed by atoms with Gasteiger partial charge in [0.2, 0.25) is 0 Å². The third-order valence-electron chi connectivity index (χ3n) is 1.76. The molecule has 0 amide bonds. The zero-order valence-electron chi connectivity index (χ0n) is 8.01. The molecule has 1 aliphatic heterocycles. The predicted molar refractivity (Wildman–Crippen MR) is 49.7 cm³/mol. The van der Waals surface area contributed by atoms with Crippen molar-refractivity contribution in [2.24, 2.45) is 0 Å². The van der Waals surface area contributed by atoms with E-state index in [1.54, 1.807) is 0 Å². The first-order chi connectivity index (χ1) is 7.53. The molecule has 1 heterocycles. The normalized spacial score (nSPS) is 18.8. The summed E-state index contributed by atoms with van der Waals surface area (Å²) in [7, 11) is -2.90. The zero-order chi connectivity index (χ0) is 11.8. The van der Waals surface area contributed by atoms with E-state index in [2.05, 4.69) is 8.57 Å². The van der Waals surface area contributed by atoms with E-state index in [-0.39, 0.29) is 11.4 Å². The topological polar surface area (TPSA) is 77.1 Å². The van der Waals surface area contributed by atoms with Gasteiger partial charge in [0.15, 0.2) is 11.6 Å². The number of anilines is 1. The molecule has 1 aromatic carbocycles. The van der Waals surface area contributed by atoms with Crippen LogP contribution in [0.3, 0.4) is 0 Å². The maximum atomic E-state index is 13.3. The summed E-state index contributed by atoms with van der Waals surface area (Å²) in [5, 5.41) is 0.636. The van der Waals surface area contributed by atoms with Crippen LogP contribution in [0.1, 0.15) is 0 Å². The molecule has 2 rings (SSSR count). The molecule has 0 bridgehead atoms. The Balaban J connectivity index is 2.38. The molecule has 0 aromatic heterocycles. The number of para-hydroxylation sites is 1. The lowest BCUT2D eigenvalue weighted by molar-refractivity contribution is 0.195. The van der Waals surface area contributed by atoms with Gasteiger partial charge < -0.3 is 4.74 Å². The lowest BCUT2D eigenvalue weighted by Crippen LogP contribution is -2.28. The van der Waals surface area contributed by atoms with Crippen molar-refractivity contribution in [1.29, 1.82) is 0 Å². The quantitative estimate of drug-likeness (QED) is 0.807. The fourth-order valence-electron chi connectivity index (χ4n) is 1.15. The molecule has 0 radical (unpaired) electrons. The monoisotopic (exact) mass is 250 g/mol. The van der Waals surface area contributed by atoms with Gasteiger partial charge in [-0.05, 0) is 12.1 Å². The number of hydrogen-bond donors (Lipinski definition) is 1. The molecule has 16 heavy (non-hydrogen) atoms. The number of hydrogen-bond acceptors (Lipinski definition) is 7.